The van der Waals surface area contributed by atoms with Crippen molar-refractivity contribution in [1.29, 1.82) is 0 Å². The van der Waals surface area contributed by atoms with E-state index in [1.807, 2.05) is 19.0 Å². The van der Waals surface area contributed by atoms with Gasteiger partial charge in [0.15, 0.2) is 0 Å². The normalized spacial score (nSPS) is 10.6. The topological polar surface area (TPSA) is 45.6 Å². The predicted molar refractivity (Wildman–Crippen MR) is 54.2 cm³/mol. The van der Waals surface area contributed by atoms with Crippen LogP contribution < -0.4 is 4.74 Å². The van der Waals surface area contributed by atoms with Gasteiger partial charge in [-0.05, 0) is 20.2 Å². The maximum Gasteiger partial charge on any atom is 0.127 e. The zero-order valence-corrected chi connectivity index (χ0v) is 8.60. The Labute approximate surface area is 84.1 Å². The Kier molecular flexibility index (Phi) is 4.35. The van der Waals surface area contributed by atoms with Gasteiger partial charge in [0.2, 0.25) is 0 Å². The molecule has 1 aromatic heterocycles. The zero-order valence-electron chi connectivity index (χ0n) is 8.60. The number of ether oxygens (including phenoxy) is 1. The highest BCUT2D eigenvalue weighted by Gasteiger charge is 2.01. The summed E-state index contributed by atoms with van der Waals surface area (Å²) in [6, 6.07) is 1.77. The fourth-order valence-corrected chi connectivity index (χ4v) is 1.01. The predicted octanol–water partition coefficient (Wildman–Crippen LogP) is 0.514. The van der Waals surface area contributed by atoms with E-state index >= 15 is 0 Å². The summed E-state index contributed by atoms with van der Waals surface area (Å²) >= 11 is 0. The first-order valence-electron chi connectivity index (χ1n) is 4.55. The van der Waals surface area contributed by atoms with Gasteiger partial charge >= 0.3 is 0 Å². The van der Waals surface area contributed by atoms with Crippen LogP contribution in [-0.4, -0.2) is 42.2 Å². The average Bonchev–Trinajstić information content (AvgIpc) is 2.18. The van der Waals surface area contributed by atoms with Crippen LogP contribution in [0.1, 0.15) is 5.56 Å². The second-order valence-electron chi connectivity index (χ2n) is 3.29. The molecule has 4 heteroatoms. The fourth-order valence-electron chi connectivity index (χ4n) is 1.01. The Morgan fingerprint density at radius 2 is 2.29 bits per heavy atom. The van der Waals surface area contributed by atoms with E-state index in [0.717, 1.165) is 12.1 Å². The third-order valence-corrected chi connectivity index (χ3v) is 1.83. The SMILES string of the molecule is CN(C)CCOc1ccncc1CO. The van der Waals surface area contributed by atoms with Gasteiger partial charge in [0, 0.05) is 24.5 Å². The van der Waals surface area contributed by atoms with E-state index in [-0.39, 0.29) is 6.61 Å². The molecule has 0 bridgehead atoms. The van der Waals surface area contributed by atoms with E-state index in [4.69, 9.17) is 9.84 Å². The van der Waals surface area contributed by atoms with E-state index < -0.39 is 0 Å². The molecule has 0 saturated carbocycles. The molecule has 0 aliphatic carbocycles. The largest absolute Gasteiger partial charge is 0.492 e. The highest BCUT2D eigenvalue weighted by molar-refractivity contribution is 5.29. The molecule has 1 aromatic rings. The molecule has 0 radical (unpaired) electrons. The molecule has 4 nitrogen and oxygen atoms in total. The van der Waals surface area contributed by atoms with E-state index in [9.17, 15) is 0 Å². The van der Waals surface area contributed by atoms with E-state index in [0.29, 0.717) is 12.4 Å². The number of nitrogens with zero attached hydrogens (tertiary/aromatic N) is 2. The van der Waals surface area contributed by atoms with E-state index in [1.165, 1.54) is 0 Å². The monoisotopic (exact) mass is 196 g/mol. The van der Waals surface area contributed by atoms with Crippen molar-refractivity contribution in [3.63, 3.8) is 0 Å². The molecule has 1 rings (SSSR count). The van der Waals surface area contributed by atoms with Crippen LogP contribution in [-0.2, 0) is 6.61 Å². The lowest BCUT2D eigenvalue weighted by Crippen LogP contribution is -2.19. The number of aliphatic hydroxyl groups excluding tert-OH is 1. The van der Waals surface area contributed by atoms with Gasteiger partial charge in [0.05, 0.1) is 6.61 Å². The van der Waals surface area contributed by atoms with E-state index in [2.05, 4.69) is 4.98 Å². The van der Waals surface area contributed by atoms with Crippen molar-refractivity contribution < 1.29 is 9.84 Å². The summed E-state index contributed by atoms with van der Waals surface area (Å²) in [5.74, 6) is 0.712. The second-order valence-corrected chi connectivity index (χ2v) is 3.29. The Bertz CT molecular complexity index is 277. The molecular weight excluding hydrogens is 180 g/mol. The first-order valence-corrected chi connectivity index (χ1v) is 4.55. The third kappa shape index (κ3) is 3.32. The Balaban J connectivity index is 2.49. The molecule has 0 saturated heterocycles. The lowest BCUT2D eigenvalue weighted by Gasteiger charge is -2.12. The minimum absolute atomic E-state index is 0.0366. The summed E-state index contributed by atoms with van der Waals surface area (Å²) in [5, 5.41) is 9.00. The first-order chi connectivity index (χ1) is 6.74. The number of pyridine rings is 1. The van der Waals surface area contributed by atoms with Gasteiger partial charge in [-0.3, -0.25) is 4.98 Å². The summed E-state index contributed by atoms with van der Waals surface area (Å²) in [6.45, 7) is 1.43. The van der Waals surface area contributed by atoms with Crippen molar-refractivity contribution in [2.24, 2.45) is 0 Å². The van der Waals surface area contributed by atoms with Crippen molar-refractivity contribution in [2.45, 2.75) is 6.61 Å². The Morgan fingerprint density at radius 3 is 2.93 bits per heavy atom. The molecule has 0 fully saturated rings. The quantitative estimate of drug-likeness (QED) is 0.745. The van der Waals surface area contributed by atoms with Crippen LogP contribution >= 0.6 is 0 Å². The summed E-state index contributed by atoms with van der Waals surface area (Å²) in [7, 11) is 3.98. The number of rotatable bonds is 5. The molecule has 0 aliphatic heterocycles. The van der Waals surface area contributed by atoms with Gasteiger partial charge in [0.1, 0.15) is 12.4 Å². The molecule has 0 aromatic carbocycles. The highest BCUT2D eigenvalue weighted by Crippen LogP contribution is 2.15. The Morgan fingerprint density at radius 1 is 1.50 bits per heavy atom. The van der Waals surface area contributed by atoms with Crippen LogP contribution in [0.25, 0.3) is 0 Å². The van der Waals surface area contributed by atoms with Crippen molar-refractivity contribution in [3.05, 3.63) is 24.0 Å². The fraction of sp³-hybridized carbons (Fsp3) is 0.500. The highest BCUT2D eigenvalue weighted by atomic mass is 16.5. The number of aliphatic hydroxyl groups is 1. The van der Waals surface area contributed by atoms with Crippen molar-refractivity contribution in [2.75, 3.05) is 27.2 Å². The zero-order chi connectivity index (χ0) is 10.4. The second kappa shape index (κ2) is 5.57. The smallest absolute Gasteiger partial charge is 0.127 e. The molecule has 0 atom stereocenters. The summed E-state index contributed by atoms with van der Waals surface area (Å²) in [6.07, 6.45) is 3.27. The molecule has 14 heavy (non-hydrogen) atoms. The third-order valence-electron chi connectivity index (χ3n) is 1.83. The van der Waals surface area contributed by atoms with Crippen LogP contribution in [0.15, 0.2) is 18.5 Å². The molecule has 0 spiro atoms. The minimum atomic E-state index is -0.0366. The van der Waals surface area contributed by atoms with Gasteiger partial charge < -0.3 is 14.7 Å². The summed E-state index contributed by atoms with van der Waals surface area (Å²) in [5.41, 5.74) is 0.728. The summed E-state index contributed by atoms with van der Waals surface area (Å²) < 4.78 is 5.50. The van der Waals surface area contributed by atoms with Gasteiger partial charge in [-0.1, -0.05) is 0 Å². The molecular formula is C10H16N2O2. The maximum atomic E-state index is 9.00. The van der Waals surface area contributed by atoms with Gasteiger partial charge in [-0.2, -0.15) is 0 Å². The van der Waals surface area contributed by atoms with Gasteiger partial charge in [-0.25, -0.2) is 0 Å². The van der Waals surface area contributed by atoms with Crippen molar-refractivity contribution >= 4 is 0 Å². The molecule has 1 heterocycles. The molecule has 0 amide bonds. The van der Waals surface area contributed by atoms with E-state index in [1.54, 1.807) is 18.5 Å². The van der Waals surface area contributed by atoms with Crippen LogP contribution in [0.5, 0.6) is 5.75 Å². The van der Waals surface area contributed by atoms with Crippen LogP contribution in [0, 0.1) is 0 Å². The van der Waals surface area contributed by atoms with Gasteiger partial charge in [-0.15, -0.1) is 0 Å². The molecule has 1 N–H and O–H groups in total. The standard InChI is InChI=1S/C10H16N2O2/c1-12(2)5-6-14-10-3-4-11-7-9(10)8-13/h3-4,7,13H,5-6,8H2,1-2H3. The lowest BCUT2D eigenvalue weighted by atomic mass is 10.3. The Hall–Kier alpha value is -1.13. The molecule has 78 valence electrons. The first kappa shape index (κ1) is 10.9. The van der Waals surface area contributed by atoms with Crippen LogP contribution in [0.4, 0.5) is 0 Å². The minimum Gasteiger partial charge on any atom is -0.492 e. The number of likely N-dealkylation sites (N-methyl/N-ethyl adjacent to an activating group) is 1. The lowest BCUT2D eigenvalue weighted by molar-refractivity contribution is 0.242. The van der Waals surface area contributed by atoms with Gasteiger partial charge in [0.25, 0.3) is 0 Å². The van der Waals surface area contributed by atoms with Crippen LogP contribution in [0.3, 0.4) is 0 Å². The number of hydrogen-bond donors (Lipinski definition) is 1. The average molecular weight is 196 g/mol. The number of aromatic nitrogens is 1. The number of hydrogen-bond acceptors (Lipinski definition) is 4. The summed E-state index contributed by atoms with van der Waals surface area (Å²) in [4.78, 5) is 5.95. The maximum absolute atomic E-state index is 9.00. The van der Waals surface area contributed by atoms with Crippen molar-refractivity contribution in [3.8, 4) is 5.75 Å². The molecule has 0 unspecified atom stereocenters. The molecule has 0 aliphatic rings. The van der Waals surface area contributed by atoms with Crippen molar-refractivity contribution in [1.82, 2.24) is 9.88 Å². The van der Waals surface area contributed by atoms with Crippen LogP contribution in [0.2, 0.25) is 0 Å².